The Morgan fingerprint density at radius 1 is 0.964 bits per heavy atom. The highest BCUT2D eigenvalue weighted by molar-refractivity contribution is 6.30. The molecule has 0 bridgehead atoms. The smallest absolute Gasteiger partial charge is 0.207 e. The summed E-state index contributed by atoms with van der Waals surface area (Å²) in [4.78, 5) is 11.9. The Balaban J connectivity index is 1.91. The predicted molar refractivity (Wildman–Crippen MR) is 89.4 cm³/mol. The van der Waals surface area contributed by atoms with Crippen LogP contribution in [0.5, 0.6) is 5.75 Å². The van der Waals surface area contributed by atoms with Gasteiger partial charge in [0.15, 0.2) is 5.75 Å². The number of ether oxygens (including phenoxy) is 1. The summed E-state index contributed by atoms with van der Waals surface area (Å²) in [5, 5.41) is 10.8. The van der Waals surface area contributed by atoms with Gasteiger partial charge in [0, 0.05) is 23.8 Å². The number of hydrogen-bond acceptors (Lipinski definition) is 3. The van der Waals surface area contributed by atoms with Crippen LogP contribution in [0.4, 0.5) is 22.0 Å². The van der Waals surface area contributed by atoms with E-state index in [0.29, 0.717) is 10.6 Å². The molecular weight excluding hydrogens is 407 g/mol. The molecule has 1 aliphatic rings. The molecule has 1 unspecified atom stereocenters. The number of ketones is 1. The quantitative estimate of drug-likeness (QED) is 0.332. The van der Waals surface area contributed by atoms with Crippen LogP contribution in [0.1, 0.15) is 30.7 Å². The molecule has 2 aromatic carbocycles. The summed E-state index contributed by atoms with van der Waals surface area (Å²) in [5.41, 5.74) is 0.627. The van der Waals surface area contributed by atoms with Gasteiger partial charge >= 0.3 is 0 Å². The molecule has 0 aromatic heterocycles. The van der Waals surface area contributed by atoms with Gasteiger partial charge in [0.2, 0.25) is 35.4 Å². The minimum Gasteiger partial charge on any atom is -0.458 e. The zero-order valence-corrected chi connectivity index (χ0v) is 15.0. The van der Waals surface area contributed by atoms with Crippen molar-refractivity contribution < 1.29 is 36.6 Å². The largest absolute Gasteiger partial charge is 0.458 e. The monoisotopic (exact) mass is 420 g/mol. The second-order valence-electron chi connectivity index (χ2n) is 6.51. The third-order valence-corrected chi connectivity index (χ3v) is 5.05. The van der Waals surface area contributed by atoms with Crippen LogP contribution < -0.4 is 4.74 Å². The fraction of sp³-hybridized carbons (Fsp3) is 0.316. The van der Waals surface area contributed by atoms with Gasteiger partial charge in [-0.3, -0.25) is 4.79 Å². The van der Waals surface area contributed by atoms with E-state index >= 15 is 0 Å². The second kappa shape index (κ2) is 8.05. The van der Waals surface area contributed by atoms with E-state index in [1.54, 1.807) is 24.3 Å². The first-order chi connectivity index (χ1) is 13.2. The van der Waals surface area contributed by atoms with Gasteiger partial charge in [0.1, 0.15) is 5.78 Å². The van der Waals surface area contributed by atoms with E-state index in [2.05, 4.69) is 0 Å². The zero-order valence-electron chi connectivity index (χ0n) is 14.2. The van der Waals surface area contributed by atoms with Gasteiger partial charge in [-0.25, -0.2) is 13.2 Å². The SMILES string of the molecule is O=C1CC[C@@H](C(O)Oc2c(F)c(F)c(F)c(F)c2F)[C@H](c2ccc(Cl)cc2)C1. The lowest BCUT2D eigenvalue weighted by atomic mass is 9.74. The number of carbonyl (C=O) groups excluding carboxylic acids is 1. The van der Waals surface area contributed by atoms with Crippen molar-refractivity contribution in [3.63, 3.8) is 0 Å². The number of Topliss-reactive ketones (excluding diaryl/α,β-unsaturated/α-hetero) is 1. The molecular formula is C19H14ClF5O3. The van der Waals surface area contributed by atoms with E-state index in [1.165, 1.54) is 0 Å². The van der Waals surface area contributed by atoms with Crippen molar-refractivity contribution in [1.29, 1.82) is 0 Å². The predicted octanol–water partition coefficient (Wildman–Crippen LogP) is 4.89. The van der Waals surface area contributed by atoms with Gasteiger partial charge < -0.3 is 9.84 Å². The van der Waals surface area contributed by atoms with Crippen LogP contribution in [-0.4, -0.2) is 17.2 Å². The van der Waals surface area contributed by atoms with E-state index < -0.39 is 53.0 Å². The Morgan fingerprint density at radius 2 is 1.50 bits per heavy atom. The van der Waals surface area contributed by atoms with Crippen LogP contribution >= 0.6 is 11.6 Å². The molecule has 150 valence electrons. The molecule has 2 aromatic rings. The van der Waals surface area contributed by atoms with Crippen molar-refractivity contribution in [2.45, 2.75) is 31.5 Å². The lowest BCUT2D eigenvalue weighted by Crippen LogP contribution is -2.36. The lowest BCUT2D eigenvalue weighted by Gasteiger charge is -2.34. The molecule has 28 heavy (non-hydrogen) atoms. The fourth-order valence-corrected chi connectivity index (χ4v) is 3.47. The number of aliphatic hydroxyl groups excluding tert-OH is 1. The molecule has 1 aliphatic carbocycles. The standard InChI is InChI=1S/C19H14ClF5O3/c20-9-3-1-8(2-4-9)12-7-10(26)5-6-11(12)19(27)28-18-16(24)14(22)13(21)15(23)17(18)25/h1-4,11-12,19,27H,5-7H2/t11-,12+,19?/m1/s1. The van der Waals surface area contributed by atoms with Gasteiger partial charge in [-0.15, -0.1) is 0 Å². The van der Waals surface area contributed by atoms with E-state index in [9.17, 15) is 31.9 Å². The van der Waals surface area contributed by atoms with Crippen LogP contribution in [0, 0.1) is 35.0 Å². The molecule has 0 radical (unpaired) electrons. The van der Waals surface area contributed by atoms with Crippen molar-refractivity contribution in [2.24, 2.45) is 5.92 Å². The maximum atomic E-state index is 13.8. The highest BCUT2D eigenvalue weighted by Gasteiger charge is 2.38. The normalized spacial score (nSPS) is 20.9. The molecule has 0 saturated heterocycles. The van der Waals surface area contributed by atoms with E-state index in [4.69, 9.17) is 16.3 Å². The number of benzene rings is 2. The number of rotatable bonds is 4. The van der Waals surface area contributed by atoms with Crippen LogP contribution in [0.25, 0.3) is 0 Å². The molecule has 0 amide bonds. The topological polar surface area (TPSA) is 46.5 Å². The summed E-state index contributed by atoms with van der Waals surface area (Å²) in [6, 6.07) is 6.40. The summed E-state index contributed by atoms with van der Waals surface area (Å²) < 4.78 is 72.3. The van der Waals surface area contributed by atoms with Gasteiger partial charge in [0.05, 0.1) is 0 Å². The van der Waals surface area contributed by atoms with Crippen LogP contribution in [0.2, 0.25) is 5.02 Å². The van der Waals surface area contributed by atoms with Crippen LogP contribution in [-0.2, 0) is 4.79 Å². The first-order valence-electron chi connectivity index (χ1n) is 8.34. The summed E-state index contributed by atoms with van der Waals surface area (Å²) in [6.07, 6.45) is -1.67. The molecule has 1 fully saturated rings. The molecule has 3 atom stereocenters. The molecule has 9 heteroatoms. The molecule has 1 N–H and O–H groups in total. The minimum atomic E-state index is -2.32. The first kappa shape index (κ1) is 20.5. The highest BCUT2D eigenvalue weighted by atomic mass is 35.5. The Labute approximate surface area is 161 Å². The third-order valence-electron chi connectivity index (χ3n) is 4.79. The number of aliphatic hydroxyl groups is 1. The Kier molecular flexibility index (Phi) is 5.90. The number of halogens is 6. The number of hydrogen-bond donors (Lipinski definition) is 1. The summed E-state index contributed by atoms with van der Waals surface area (Å²) in [6.45, 7) is 0. The maximum Gasteiger partial charge on any atom is 0.207 e. The average Bonchev–Trinajstić information content (AvgIpc) is 2.68. The molecule has 1 saturated carbocycles. The fourth-order valence-electron chi connectivity index (χ4n) is 3.34. The van der Waals surface area contributed by atoms with Gasteiger partial charge in [-0.05, 0) is 30.0 Å². The van der Waals surface area contributed by atoms with Gasteiger partial charge in [-0.1, -0.05) is 23.7 Å². The van der Waals surface area contributed by atoms with Crippen molar-refractivity contribution in [3.8, 4) is 5.75 Å². The molecule has 3 nitrogen and oxygen atoms in total. The van der Waals surface area contributed by atoms with Crippen molar-refractivity contribution in [2.75, 3.05) is 0 Å². The van der Waals surface area contributed by atoms with Crippen LogP contribution in [0.15, 0.2) is 24.3 Å². The lowest BCUT2D eigenvalue weighted by molar-refractivity contribution is -0.127. The minimum absolute atomic E-state index is 0.0316. The Bertz CT molecular complexity index is 874. The van der Waals surface area contributed by atoms with Gasteiger partial charge in [-0.2, -0.15) is 8.78 Å². The third kappa shape index (κ3) is 3.84. The summed E-state index contributed by atoms with van der Waals surface area (Å²) in [7, 11) is 0. The Morgan fingerprint density at radius 3 is 2.07 bits per heavy atom. The average molecular weight is 421 g/mol. The molecule has 0 aliphatic heterocycles. The zero-order chi connectivity index (χ0) is 20.6. The van der Waals surface area contributed by atoms with E-state index in [0.717, 1.165) is 0 Å². The molecule has 3 rings (SSSR count). The van der Waals surface area contributed by atoms with E-state index in [-0.39, 0.29) is 25.0 Å². The molecule has 0 heterocycles. The number of carbonyl (C=O) groups is 1. The van der Waals surface area contributed by atoms with Crippen molar-refractivity contribution in [1.82, 2.24) is 0 Å². The van der Waals surface area contributed by atoms with Gasteiger partial charge in [0.25, 0.3) is 0 Å². The maximum absolute atomic E-state index is 13.8. The summed E-state index contributed by atoms with van der Waals surface area (Å²) >= 11 is 5.84. The van der Waals surface area contributed by atoms with Crippen LogP contribution in [0.3, 0.4) is 0 Å². The summed E-state index contributed by atoms with van der Waals surface area (Å²) in [5.74, 6) is -14.0. The highest BCUT2D eigenvalue weighted by Crippen LogP contribution is 2.40. The van der Waals surface area contributed by atoms with Crippen molar-refractivity contribution >= 4 is 17.4 Å². The second-order valence-corrected chi connectivity index (χ2v) is 6.95. The first-order valence-corrected chi connectivity index (χ1v) is 8.71. The molecule has 0 spiro atoms. The Hall–Kier alpha value is -2.19. The van der Waals surface area contributed by atoms with E-state index in [1.807, 2.05) is 0 Å². The van der Waals surface area contributed by atoms with Crippen molar-refractivity contribution in [3.05, 3.63) is 63.9 Å².